The zero-order valence-corrected chi connectivity index (χ0v) is 15.3. The Morgan fingerprint density at radius 1 is 1.15 bits per heavy atom. The predicted molar refractivity (Wildman–Crippen MR) is 92.6 cm³/mol. The van der Waals surface area contributed by atoms with Crippen LogP contribution in [0.25, 0.3) is 10.9 Å². The first-order valence-corrected chi connectivity index (χ1v) is 8.47. The van der Waals surface area contributed by atoms with Gasteiger partial charge in [-0.3, -0.25) is 4.79 Å². The zero-order valence-electron chi connectivity index (χ0n) is 15.3. The summed E-state index contributed by atoms with van der Waals surface area (Å²) >= 11 is 0. The molecule has 6 nitrogen and oxygen atoms in total. The number of piperidine rings is 1. The number of amides is 1. The molecule has 1 aliphatic heterocycles. The standard InChI is InChI=1S/C18H21F3N2O4/c1-25-13-8-10-7-12(22-14(10)16(27-3)15(13)26-2)17(24)23-6-4-5-11(9-23)18(19,20)21/h7-8,11,22H,4-6,9H2,1-3H3/t11-/m1/s1. The molecule has 2 aromatic rings. The summed E-state index contributed by atoms with van der Waals surface area (Å²) in [6.45, 7) is -0.0357. The van der Waals surface area contributed by atoms with Crippen LogP contribution in [0.3, 0.4) is 0 Å². The molecule has 148 valence electrons. The molecule has 0 radical (unpaired) electrons. The van der Waals surface area contributed by atoms with Crippen LogP contribution >= 0.6 is 0 Å². The van der Waals surface area contributed by atoms with E-state index >= 15 is 0 Å². The fourth-order valence-electron chi connectivity index (χ4n) is 3.46. The Labute approximate surface area is 154 Å². The minimum Gasteiger partial charge on any atom is -0.493 e. The minimum atomic E-state index is -4.30. The fourth-order valence-corrected chi connectivity index (χ4v) is 3.46. The number of likely N-dealkylation sites (tertiary alicyclic amines) is 1. The van der Waals surface area contributed by atoms with Gasteiger partial charge in [0.15, 0.2) is 11.5 Å². The van der Waals surface area contributed by atoms with Crippen molar-refractivity contribution in [2.24, 2.45) is 5.92 Å². The maximum atomic E-state index is 13.0. The highest BCUT2D eigenvalue weighted by atomic mass is 19.4. The molecule has 1 atom stereocenters. The Hall–Kier alpha value is -2.58. The van der Waals surface area contributed by atoms with Gasteiger partial charge in [0.2, 0.25) is 5.75 Å². The van der Waals surface area contributed by atoms with Crippen LogP contribution in [0.4, 0.5) is 13.2 Å². The summed E-state index contributed by atoms with van der Waals surface area (Å²) in [6.07, 6.45) is -3.94. The van der Waals surface area contributed by atoms with E-state index in [0.29, 0.717) is 41.1 Å². The third kappa shape index (κ3) is 3.50. The highest BCUT2D eigenvalue weighted by Gasteiger charge is 2.43. The van der Waals surface area contributed by atoms with Crippen LogP contribution in [0, 0.1) is 5.92 Å². The van der Waals surface area contributed by atoms with Crippen LogP contribution in [0.15, 0.2) is 12.1 Å². The normalized spacial score (nSPS) is 17.9. The molecule has 3 rings (SSSR count). The monoisotopic (exact) mass is 386 g/mol. The number of hydrogen-bond donors (Lipinski definition) is 1. The third-order valence-corrected chi connectivity index (χ3v) is 4.82. The average molecular weight is 386 g/mol. The van der Waals surface area contributed by atoms with Crippen molar-refractivity contribution in [3.63, 3.8) is 0 Å². The lowest BCUT2D eigenvalue weighted by Crippen LogP contribution is -2.44. The number of carbonyl (C=O) groups excluding carboxylic acids is 1. The summed E-state index contributed by atoms with van der Waals surface area (Å²) in [6, 6.07) is 3.26. The lowest BCUT2D eigenvalue weighted by Gasteiger charge is -2.33. The van der Waals surface area contributed by atoms with Gasteiger partial charge < -0.3 is 24.1 Å². The van der Waals surface area contributed by atoms with Gasteiger partial charge in [-0.2, -0.15) is 13.2 Å². The van der Waals surface area contributed by atoms with Crippen molar-refractivity contribution in [2.45, 2.75) is 19.0 Å². The largest absolute Gasteiger partial charge is 0.493 e. The molecule has 0 unspecified atom stereocenters. The molecule has 0 aliphatic carbocycles. The number of H-pyrrole nitrogens is 1. The van der Waals surface area contributed by atoms with Gasteiger partial charge in [-0.25, -0.2) is 0 Å². The highest BCUT2D eigenvalue weighted by Crippen LogP contribution is 2.43. The van der Waals surface area contributed by atoms with Gasteiger partial charge in [0.05, 0.1) is 32.8 Å². The first kappa shape index (κ1) is 19.2. The SMILES string of the molecule is COc1cc2cc(C(=O)N3CCC[C@@H](C(F)(F)F)C3)[nH]c2c(OC)c1OC. The summed E-state index contributed by atoms with van der Waals surface area (Å²) in [5.74, 6) is -0.814. The summed E-state index contributed by atoms with van der Waals surface area (Å²) in [5, 5.41) is 0.636. The van der Waals surface area contributed by atoms with E-state index in [4.69, 9.17) is 14.2 Å². The zero-order chi connectivity index (χ0) is 19.8. The number of aromatic nitrogens is 1. The second-order valence-corrected chi connectivity index (χ2v) is 6.42. The number of methoxy groups -OCH3 is 3. The van der Waals surface area contributed by atoms with Crippen LogP contribution in [0.5, 0.6) is 17.2 Å². The smallest absolute Gasteiger partial charge is 0.393 e. The molecule has 27 heavy (non-hydrogen) atoms. The third-order valence-electron chi connectivity index (χ3n) is 4.82. The van der Waals surface area contributed by atoms with Crippen molar-refractivity contribution in [3.05, 3.63) is 17.8 Å². The molecule has 2 heterocycles. The van der Waals surface area contributed by atoms with Crippen molar-refractivity contribution >= 4 is 16.8 Å². The van der Waals surface area contributed by atoms with Crippen molar-refractivity contribution in [1.29, 1.82) is 0 Å². The second-order valence-electron chi connectivity index (χ2n) is 6.42. The van der Waals surface area contributed by atoms with E-state index in [1.165, 1.54) is 26.2 Å². The fraction of sp³-hybridized carbons (Fsp3) is 0.500. The van der Waals surface area contributed by atoms with Gasteiger partial charge in [-0.05, 0) is 25.0 Å². The van der Waals surface area contributed by atoms with E-state index in [2.05, 4.69) is 4.98 Å². The topological polar surface area (TPSA) is 63.8 Å². The number of nitrogens with zero attached hydrogens (tertiary/aromatic N) is 1. The van der Waals surface area contributed by atoms with Gasteiger partial charge in [-0.15, -0.1) is 0 Å². The van der Waals surface area contributed by atoms with Gasteiger partial charge in [0.25, 0.3) is 5.91 Å². The number of carbonyl (C=O) groups is 1. The van der Waals surface area contributed by atoms with Gasteiger partial charge in [-0.1, -0.05) is 0 Å². The van der Waals surface area contributed by atoms with E-state index in [1.807, 2.05) is 0 Å². The highest BCUT2D eigenvalue weighted by molar-refractivity contribution is 6.01. The second kappa shape index (κ2) is 7.21. The van der Waals surface area contributed by atoms with Crippen molar-refractivity contribution in [3.8, 4) is 17.2 Å². The van der Waals surface area contributed by atoms with Crippen molar-refractivity contribution in [1.82, 2.24) is 9.88 Å². The number of benzene rings is 1. The van der Waals surface area contributed by atoms with Gasteiger partial charge in [0, 0.05) is 18.5 Å². The van der Waals surface area contributed by atoms with Crippen LogP contribution in [-0.2, 0) is 0 Å². The predicted octanol–water partition coefficient (Wildman–Crippen LogP) is 3.61. The Morgan fingerprint density at radius 3 is 2.44 bits per heavy atom. The quantitative estimate of drug-likeness (QED) is 0.872. The average Bonchev–Trinajstić information content (AvgIpc) is 3.08. The Balaban J connectivity index is 1.96. The number of nitrogens with one attached hydrogen (secondary N) is 1. The van der Waals surface area contributed by atoms with E-state index in [9.17, 15) is 18.0 Å². The summed E-state index contributed by atoms with van der Waals surface area (Å²) < 4.78 is 55.1. The lowest BCUT2D eigenvalue weighted by molar-refractivity contribution is -0.184. The summed E-state index contributed by atoms with van der Waals surface area (Å²) in [7, 11) is 4.40. The summed E-state index contributed by atoms with van der Waals surface area (Å²) in [4.78, 5) is 17.0. The van der Waals surface area contributed by atoms with E-state index < -0.39 is 18.0 Å². The van der Waals surface area contributed by atoms with Gasteiger partial charge >= 0.3 is 6.18 Å². The maximum absolute atomic E-state index is 13.0. The molecule has 1 aromatic carbocycles. The lowest BCUT2D eigenvalue weighted by atomic mass is 9.97. The molecule has 9 heteroatoms. The van der Waals surface area contributed by atoms with Crippen molar-refractivity contribution in [2.75, 3.05) is 34.4 Å². The molecular weight excluding hydrogens is 365 g/mol. The number of hydrogen-bond acceptors (Lipinski definition) is 4. The van der Waals surface area contributed by atoms with E-state index in [0.717, 1.165) is 0 Å². The molecule has 0 bridgehead atoms. The summed E-state index contributed by atoms with van der Waals surface area (Å²) in [5.41, 5.74) is 0.712. The molecule has 1 N–H and O–H groups in total. The number of fused-ring (bicyclic) bond motifs is 1. The number of alkyl halides is 3. The number of aromatic amines is 1. The molecule has 1 saturated heterocycles. The first-order valence-electron chi connectivity index (χ1n) is 8.47. The van der Waals surface area contributed by atoms with Crippen LogP contribution in [-0.4, -0.2) is 56.4 Å². The molecule has 1 fully saturated rings. The molecule has 1 aliphatic rings. The Bertz CT molecular complexity index is 847. The number of rotatable bonds is 4. The number of halogens is 3. The molecule has 0 spiro atoms. The van der Waals surface area contributed by atoms with E-state index in [1.54, 1.807) is 12.1 Å². The molecular formula is C18H21F3N2O4. The first-order chi connectivity index (χ1) is 12.8. The Kier molecular flexibility index (Phi) is 5.12. The molecule has 1 aromatic heterocycles. The van der Waals surface area contributed by atoms with Crippen LogP contribution in [0.2, 0.25) is 0 Å². The molecule has 0 saturated carbocycles. The number of ether oxygens (including phenoxy) is 3. The minimum absolute atomic E-state index is 0.0439. The van der Waals surface area contributed by atoms with Gasteiger partial charge in [0.1, 0.15) is 5.69 Å². The van der Waals surface area contributed by atoms with Crippen molar-refractivity contribution < 1.29 is 32.2 Å². The molecule has 1 amide bonds. The van der Waals surface area contributed by atoms with E-state index in [-0.39, 0.29) is 18.7 Å². The Morgan fingerprint density at radius 2 is 1.85 bits per heavy atom. The van der Waals surface area contributed by atoms with Crippen LogP contribution in [0.1, 0.15) is 23.3 Å². The van der Waals surface area contributed by atoms with Crippen LogP contribution < -0.4 is 14.2 Å². The maximum Gasteiger partial charge on any atom is 0.393 e.